The molecule has 0 aliphatic heterocycles. The molecular formula is C15H11FOS2. The fourth-order valence-electron chi connectivity index (χ4n) is 2.20. The Hall–Kier alpha value is -1.52. The SMILES string of the molecule is Cc1cc(C)c(C(=O)c2cc3sccc3s2)c(F)c1. The summed E-state index contributed by atoms with van der Waals surface area (Å²) >= 11 is 3.02. The number of hydrogen-bond donors (Lipinski definition) is 0. The van der Waals surface area contributed by atoms with Crippen molar-refractivity contribution in [3.63, 3.8) is 0 Å². The van der Waals surface area contributed by atoms with Crippen molar-refractivity contribution >= 4 is 37.9 Å². The van der Waals surface area contributed by atoms with Gasteiger partial charge in [-0.15, -0.1) is 22.7 Å². The van der Waals surface area contributed by atoms with Gasteiger partial charge in [0.1, 0.15) is 5.82 Å². The maximum atomic E-state index is 14.0. The maximum absolute atomic E-state index is 14.0. The Morgan fingerprint density at radius 2 is 1.95 bits per heavy atom. The van der Waals surface area contributed by atoms with Gasteiger partial charge in [-0.3, -0.25) is 4.79 Å². The topological polar surface area (TPSA) is 17.1 Å². The van der Waals surface area contributed by atoms with Gasteiger partial charge in [0.15, 0.2) is 0 Å². The summed E-state index contributed by atoms with van der Waals surface area (Å²) in [4.78, 5) is 13.0. The summed E-state index contributed by atoms with van der Waals surface area (Å²) < 4.78 is 16.2. The lowest BCUT2D eigenvalue weighted by Crippen LogP contribution is -2.05. The summed E-state index contributed by atoms with van der Waals surface area (Å²) in [6, 6.07) is 7.09. The summed E-state index contributed by atoms with van der Waals surface area (Å²) in [6.07, 6.45) is 0. The molecule has 0 radical (unpaired) electrons. The average Bonchev–Trinajstić information content (AvgIpc) is 2.86. The second kappa shape index (κ2) is 4.54. The number of halogens is 1. The molecule has 0 fully saturated rings. The lowest BCUT2D eigenvalue weighted by Gasteiger charge is -2.06. The van der Waals surface area contributed by atoms with Gasteiger partial charge in [0, 0.05) is 9.40 Å². The molecule has 0 atom stereocenters. The Kier molecular flexibility index (Phi) is 2.99. The van der Waals surface area contributed by atoms with E-state index in [2.05, 4.69) is 0 Å². The lowest BCUT2D eigenvalue weighted by atomic mass is 10.0. The summed E-state index contributed by atoms with van der Waals surface area (Å²) in [6.45, 7) is 3.60. The largest absolute Gasteiger partial charge is 0.288 e. The first-order valence-electron chi connectivity index (χ1n) is 5.85. The smallest absolute Gasteiger partial charge is 0.206 e. The van der Waals surface area contributed by atoms with Crippen molar-refractivity contribution in [2.24, 2.45) is 0 Å². The summed E-state index contributed by atoms with van der Waals surface area (Å²) in [5, 5.41) is 1.99. The Bertz CT molecular complexity index is 731. The standard InChI is InChI=1S/C15H11FOS2/c1-8-5-9(2)14(10(16)6-8)15(17)13-7-12-11(19-13)3-4-18-12/h3-7H,1-2H3. The number of thiophene rings is 2. The molecule has 3 rings (SSSR count). The van der Waals surface area contributed by atoms with Crippen LogP contribution in [0.4, 0.5) is 4.39 Å². The Morgan fingerprint density at radius 3 is 2.63 bits per heavy atom. The third-order valence-electron chi connectivity index (χ3n) is 3.02. The molecule has 0 spiro atoms. The number of hydrogen-bond acceptors (Lipinski definition) is 3. The van der Waals surface area contributed by atoms with Crippen LogP contribution in [0.25, 0.3) is 9.40 Å². The molecule has 0 aliphatic carbocycles. The highest BCUT2D eigenvalue weighted by Gasteiger charge is 2.19. The van der Waals surface area contributed by atoms with Crippen LogP contribution in [0.3, 0.4) is 0 Å². The van der Waals surface area contributed by atoms with E-state index in [9.17, 15) is 9.18 Å². The minimum absolute atomic E-state index is 0.194. The minimum atomic E-state index is -0.431. The van der Waals surface area contributed by atoms with E-state index in [0.717, 1.165) is 15.0 Å². The molecule has 96 valence electrons. The third kappa shape index (κ3) is 2.11. The van der Waals surface area contributed by atoms with Crippen LogP contribution in [0.15, 0.2) is 29.6 Å². The Balaban J connectivity index is 2.12. The predicted octanol–water partition coefficient (Wildman–Crippen LogP) is 4.95. The predicted molar refractivity (Wildman–Crippen MR) is 79.0 cm³/mol. The van der Waals surface area contributed by atoms with E-state index in [1.807, 2.05) is 30.5 Å². The van der Waals surface area contributed by atoms with Crippen molar-refractivity contribution in [2.45, 2.75) is 13.8 Å². The Labute approximate surface area is 118 Å². The van der Waals surface area contributed by atoms with Crippen LogP contribution < -0.4 is 0 Å². The summed E-state index contributed by atoms with van der Waals surface area (Å²) in [5.41, 5.74) is 1.72. The van der Waals surface area contributed by atoms with Crippen LogP contribution in [0.5, 0.6) is 0 Å². The third-order valence-corrected chi connectivity index (χ3v) is 5.11. The van der Waals surface area contributed by atoms with Gasteiger partial charge in [0.2, 0.25) is 5.78 Å². The highest BCUT2D eigenvalue weighted by atomic mass is 32.1. The quantitative estimate of drug-likeness (QED) is 0.610. The monoisotopic (exact) mass is 290 g/mol. The van der Waals surface area contributed by atoms with Crippen LogP contribution in [0, 0.1) is 19.7 Å². The molecule has 2 heterocycles. The van der Waals surface area contributed by atoms with Crippen LogP contribution in [0.2, 0.25) is 0 Å². The zero-order valence-electron chi connectivity index (χ0n) is 10.5. The van der Waals surface area contributed by atoms with E-state index in [4.69, 9.17) is 0 Å². The Morgan fingerprint density at radius 1 is 1.16 bits per heavy atom. The van der Waals surface area contributed by atoms with Gasteiger partial charge in [-0.2, -0.15) is 0 Å². The molecule has 0 bridgehead atoms. The molecule has 4 heteroatoms. The number of rotatable bonds is 2. The van der Waals surface area contributed by atoms with Gasteiger partial charge < -0.3 is 0 Å². The molecule has 3 aromatic rings. The van der Waals surface area contributed by atoms with E-state index in [0.29, 0.717) is 10.4 Å². The molecule has 0 saturated heterocycles. The van der Waals surface area contributed by atoms with E-state index >= 15 is 0 Å². The number of fused-ring (bicyclic) bond motifs is 1. The van der Waals surface area contributed by atoms with Crippen LogP contribution >= 0.6 is 22.7 Å². The van der Waals surface area contributed by atoms with Crippen LogP contribution in [-0.4, -0.2) is 5.78 Å². The fourth-order valence-corrected chi connectivity index (χ4v) is 4.26. The molecule has 19 heavy (non-hydrogen) atoms. The summed E-state index contributed by atoms with van der Waals surface area (Å²) in [7, 11) is 0. The van der Waals surface area contributed by atoms with Crippen molar-refractivity contribution in [3.8, 4) is 0 Å². The van der Waals surface area contributed by atoms with Gasteiger partial charge in [-0.1, -0.05) is 6.07 Å². The maximum Gasteiger partial charge on any atom is 0.206 e. The highest BCUT2D eigenvalue weighted by Crippen LogP contribution is 2.32. The van der Waals surface area contributed by atoms with E-state index in [-0.39, 0.29) is 11.3 Å². The molecule has 0 unspecified atom stereocenters. The molecule has 0 aliphatic rings. The van der Waals surface area contributed by atoms with Crippen molar-refractivity contribution in [3.05, 3.63) is 57.0 Å². The number of carbonyl (C=O) groups is 1. The molecule has 0 N–H and O–H groups in total. The first-order chi connectivity index (χ1) is 9.06. The van der Waals surface area contributed by atoms with Crippen LogP contribution in [-0.2, 0) is 0 Å². The van der Waals surface area contributed by atoms with Crippen LogP contribution in [0.1, 0.15) is 26.4 Å². The van der Waals surface area contributed by atoms with Gasteiger partial charge in [0.05, 0.1) is 10.4 Å². The van der Waals surface area contributed by atoms with E-state index in [1.54, 1.807) is 18.3 Å². The molecular weight excluding hydrogens is 279 g/mol. The van der Waals surface area contributed by atoms with E-state index < -0.39 is 5.82 Å². The van der Waals surface area contributed by atoms with Gasteiger partial charge >= 0.3 is 0 Å². The normalized spacial score (nSPS) is 11.1. The van der Waals surface area contributed by atoms with E-state index in [1.165, 1.54) is 17.4 Å². The second-order valence-electron chi connectivity index (χ2n) is 4.53. The first kappa shape index (κ1) is 12.5. The first-order valence-corrected chi connectivity index (χ1v) is 7.54. The van der Waals surface area contributed by atoms with Crippen molar-refractivity contribution in [1.82, 2.24) is 0 Å². The number of benzene rings is 1. The second-order valence-corrected chi connectivity index (χ2v) is 6.56. The highest BCUT2D eigenvalue weighted by molar-refractivity contribution is 7.28. The zero-order valence-corrected chi connectivity index (χ0v) is 12.1. The van der Waals surface area contributed by atoms with Gasteiger partial charge in [-0.25, -0.2) is 4.39 Å². The molecule has 1 nitrogen and oxygen atoms in total. The van der Waals surface area contributed by atoms with Gasteiger partial charge in [0.25, 0.3) is 0 Å². The fraction of sp³-hybridized carbons (Fsp3) is 0.133. The molecule has 0 saturated carbocycles. The minimum Gasteiger partial charge on any atom is -0.288 e. The molecule has 0 amide bonds. The number of aryl methyl sites for hydroxylation is 2. The molecule has 1 aromatic carbocycles. The zero-order chi connectivity index (χ0) is 13.6. The summed E-state index contributed by atoms with van der Waals surface area (Å²) in [5.74, 6) is -0.650. The van der Waals surface area contributed by atoms with Crippen molar-refractivity contribution in [1.29, 1.82) is 0 Å². The lowest BCUT2D eigenvalue weighted by molar-refractivity contribution is 0.103. The average molecular weight is 290 g/mol. The number of ketones is 1. The molecule has 2 aromatic heterocycles. The van der Waals surface area contributed by atoms with Crippen molar-refractivity contribution < 1.29 is 9.18 Å². The number of carbonyl (C=O) groups excluding carboxylic acids is 1. The van der Waals surface area contributed by atoms with Crippen molar-refractivity contribution in [2.75, 3.05) is 0 Å². The van der Waals surface area contributed by atoms with Gasteiger partial charge in [-0.05, 0) is 48.6 Å².